The molecule has 2 aromatic heterocycles. The summed E-state index contributed by atoms with van der Waals surface area (Å²) in [4.78, 5) is 21.1. The molecule has 0 fully saturated rings. The Kier molecular flexibility index (Phi) is 7.44. The van der Waals surface area contributed by atoms with Crippen LogP contribution >= 0.6 is 23.4 Å². The van der Waals surface area contributed by atoms with Gasteiger partial charge in [0.1, 0.15) is 12.1 Å². The Bertz CT molecular complexity index is 1350. The van der Waals surface area contributed by atoms with Gasteiger partial charge in [-0.1, -0.05) is 30.7 Å². The van der Waals surface area contributed by atoms with Crippen LogP contribution in [-0.2, 0) is 6.54 Å². The van der Waals surface area contributed by atoms with Crippen molar-refractivity contribution in [3.05, 3.63) is 70.6 Å². The summed E-state index contributed by atoms with van der Waals surface area (Å²) >= 11 is 8.06. The molecular formula is C26H27ClN4O2S. The van der Waals surface area contributed by atoms with E-state index in [0.29, 0.717) is 17.9 Å². The molecule has 176 valence electrons. The lowest BCUT2D eigenvalue weighted by Crippen LogP contribution is -2.12. The van der Waals surface area contributed by atoms with E-state index in [-0.39, 0.29) is 0 Å². The van der Waals surface area contributed by atoms with Gasteiger partial charge in [-0.2, -0.15) is 0 Å². The van der Waals surface area contributed by atoms with Crippen LogP contribution in [0.2, 0.25) is 5.02 Å². The van der Waals surface area contributed by atoms with E-state index in [2.05, 4.69) is 46.7 Å². The van der Waals surface area contributed by atoms with Gasteiger partial charge in [0.05, 0.1) is 21.8 Å². The molecule has 0 saturated carbocycles. The van der Waals surface area contributed by atoms with Gasteiger partial charge in [-0.3, -0.25) is 0 Å². The molecule has 6 nitrogen and oxygen atoms in total. The number of aromatic nitrogens is 3. The van der Waals surface area contributed by atoms with Crippen molar-refractivity contribution in [3.63, 3.8) is 0 Å². The molecule has 8 heteroatoms. The maximum absolute atomic E-state index is 11.6. The molecule has 0 saturated heterocycles. The average molecular weight is 495 g/mol. The number of thioether (sulfide) groups is 1. The number of hydrogen-bond acceptors (Lipinski definition) is 5. The molecule has 2 aromatic carbocycles. The number of fused-ring (bicyclic) bond motifs is 1. The summed E-state index contributed by atoms with van der Waals surface area (Å²) in [5.41, 5.74) is 5.35. The number of rotatable bonds is 9. The summed E-state index contributed by atoms with van der Waals surface area (Å²) in [7, 11) is 0. The molecule has 4 rings (SSSR count). The van der Waals surface area contributed by atoms with Crippen molar-refractivity contribution in [2.45, 2.75) is 38.6 Å². The summed E-state index contributed by atoms with van der Waals surface area (Å²) in [6.07, 6.45) is 2.49. The number of aromatic carboxylic acids is 1. The number of anilines is 1. The molecule has 0 aliphatic heterocycles. The maximum atomic E-state index is 11.6. The van der Waals surface area contributed by atoms with Crippen molar-refractivity contribution in [1.29, 1.82) is 0 Å². The zero-order valence-corrected chi connectivity index (χ0v) is 21.0. The van der Waals surface area contributed by atoms with Crippen LogP contribution in [0.4, 0.5) is 5.82 Å². The van der Waals surface area contributed by atoms with Crippen molar-refractivity contribution in [2.75, 3.05) is 17.6 Å². The fourth-order valence-corrected chi connectivity index (χ4v) is 5.20. The summed E-state index contributed by atoms with van der Waals surface area (Å²) in [6.45, 7) is 7.67. The molecule has 0 bridgehead atoms. The van der Waals surface area contributed by atoms with Crippen LogP contribution in [0.5, 0.6) is 0 Å². The highest BCUT2D eigenvalue weighted by Gasteiger charge is 2.14. The fourth-order valence-electron chi connectivity index (χ4n) is 3.99. The molecule has 2 heterocycles. The molecule has 4 aromatic rings. The van der Waals surface area contributed by atoms with E-state index in [1.54, 1.807) is 23.9 Å². The van der Waals surface area contributed by atoms with E-state index < -0.39 is 5.97 Å². The summed E-state index contributed by atoms with van der Waals surface area (Å²) in [6, 6.07) is 13.4. The zero-order chi connectivity index (χ0) is 24.2. The van der Waals surface area contributed by atoms with Crippen LogP contribution in [0.3, 0.4) is 0 Å². The molecule has 2 N–H and O–H groups in total. The Hall–Kier alpha value is -3.03. The number of nitrogens with zero attached hydrogens (tertiary/aromatic N) is 3. The van der Waals surface area contributed by atoms with E-state index in [4.69, 9.17) is 11.6 Å². The molecular weight excluding hydrogens is 468 g/mol. The predicted octanol–water partition coefficient (Wildman–Crippen LogP) is 6.68. The molecule has 34 heavy (non-hydrogen) atoms. The standard InChI is InChI=1S/C26H27ClN4O2S/c1-4-11-34-23-13-18(6-7-19(23)26(32)33)22-14-24(30-15-29-22)28-9-10-31-17(3)12-20-16(2)5-8-21(27)25(20)31/h5-8,12-15H,4,9-11H2,1-3H3,(H,32,33)(H,28,29,30). The first kappa shape index (κ1) is 24.1. The van der Waals surface area contributed by atoms with Gasteiger partial charge in [0.2, 0.25) is 0 Å². The minimum absolute atomic E-state index is 0.317. The fraction of sp³-hybridized carbons (Fsp3) is 0.269. The number of carboxylic acids is 1. The minimum Gasteiger partial charge on any atom is -0.478 e. The topological polar surface area (TPSA) is 80.0 Å². The average Bonchev–Trinajstić information content (AvgIpc) is 3.17. The van der Waals surface area contributed by atoms with Crippen LogP contribution in [0, 0.1) is 13.8 Å². The first-order valence-corrected chi connectivity index (χ1v) is 12.6. The van der Waals surface area contributed by atoms with Crippen LogP contribution in [0.1, 0.15) is 35.0 Å². The van der Waals surface area contributed by atoms with Crippen molar-refractivity contribution < 1.29 is 9.90 Å². The first-order valence-electron chi connectivity index (χ1n) is 11.2. The second-order valence-corrected chi connectivity index (χ2v) is 9.69. The van der Waals surface area contributed by atoms with Gasteiger partial charge in [0.25, 0.3) is 0 Å². The van der Waals surface area contributed by atoms with Crippen molar-refractivity contribution in [3.8, 4) is 11.3 Å². The van der Waals surface area contributed by atoms with E-state index in [0.717, 1.165) is 51.1 Å². The third-order valence-electron chi connectivity index (χ3n) is 5.71. The van der Waals surface area contributed by atoms with E-state index in [1.807, 2.05) is 24.3 Å². The number of carboxylic acid groups (broad SMARTS) is 1. The smallest absolute Gasteiger partial charge is 0.336 e. The van der Waals surface area contributed by atoms with Gasteiger partial charge in [-0.25, -0.2) is 14.8 Å². The van der Waals surface area contributed by atoms with Gasteiger partial charge >= 0.3 is 5.97 Å². The first-order chi connectivity index (χ1) is 16.4. The molecule has 0 atom stereocenters. The number of nitrogens with one attached hydrogen (secondary N) is 1. The molecule has 0 unspecified atom stereocenters. The zero-order valence-electron chi connectivity index (χ0n) is 19.4. The third-order valence-corrected chi connectivity index (χ3v) is 7.28. The highest BCUT2D eigenvalue weighted by Crippen LogP contribution is 2.31. The number of halogens is 1. The summed E-state index contributed by atoms with van der Waals surface area (Å²) in [5, 5.41) is 14.8. The SMILES string of the molecule is CCCSc1cc(-c2cc(NCCn3c(C)cc4c(C)ccc(Cl)c43)ncn2)ccc1C(=O)O. The Balaban J connectivity index is 1.52. The van der Waals surface area contributed by atoms with Gasteiger partial charge in [-0.05, 0) is 55.9 Å². The molecule has 0 radical (unpaired) electrons. The van der Waals surface area contributed by atoms with Gasteiger partial charge in [0, 0.05) is 40.7 Å². The predicted molar refractivity (Wildman–Crippen MR) is 140 cm³/mol. The van der Waals surface area contributed by atoms with E-state index in [9.17, 15) is 9.90 Å². The largest absolute Gasteiger partial charge is 0.478 e. The lowest BCUT2D eigenvalue weighted by Gasteiger charge is -2.12. The number of hydrogen-bond donors (Lipinski definition) is 2. The second-order valence-electron chi connectivity index (χ2n) is 8.14. The van der Waals surface area contributed by atoms with Crippen molar-refractivity contribution >= 4 is 46.1 Å². The van der Waals surface area contributed by atoms with Gasteiger partial charge in [0.15, 0.2) is 0 Å². The van der Waals surface area contributed by atoms with Crippen LogP contribution in [-0.4, -0.2) is 37.9 Å². The Morgan fingerprint density at radius 2 is 1.97 bits per heavy atom. The quantitative estimate of drug-likeness (QED) is 0.252. The van der Waals surface area contributed by atoms with E-state index in [1.165, 1.54) is 17.3 Å². The number of carbonyl (C=O) groups is 1. The van der Waals surface area contributed by atoms with Crippen LogP contribution < -0.4 is 5.32 Å². The maximum Gasteiger partial charge on any atom is 0.336 e. The molecule has 0 amide bonds. The van der Waals surface area contributed by atoms with E-state index >= 15 is 0 Å². The van der Waals surface area contributed by atoms with Crippen molar-refractivity contribution in [2.24, 2.45) is 0 Å². The summed E-state index contributed by atoms with van der Waals surface area (Å²) < 4.78 is 2.22. The highest BCUT2D eigenvalue weighted by atomic mass is 35.5. The Morgan fingerprint density at radius 1 is 1.15 bits per heavy atom. The number of benzene rings is 2. The Morgan fingerprint density at radius 3 is 2.74 bits per heavy atom. The monoisotopic (exact) mass is 494 g/mol. The molecule has 0 aliphatic rings. The lowest BCUT2D eigenvalue weighted by atomic mass is 10.1. The van der Waals surface area contributed by atoms with Gasteiger partial charge < -0.3 is 15.0 Å². The highest BCUT2D eigenvalue weighted by molar-refractivity contribution is 7.99. The van der Waals surface area contributed by atoms with Crippen molar-refractivity contribution in [1.82, 2.24) is 14.5 Å². The lowest BCUT2D eigenvalue weighted by molar-refractivity contribution is 0.0693. The normalized spacial score (nSPS) is 11.2. The van der Waals surface area contributed by atoms with Crippen LogP contribution in [0.25, 0.3) is 22.2 Å². The minimum atomic E-state index is -0.918. The number of aryl methyl sites for hydroxylation is 2. The molecule has 0 aliphatic carbocycles. The second kappa shape index (κ2) is 10.5. The van der Waals surface area contributed by atoms with Crippen LogP contribution in [0.15, 0.2) is 53.7 Å². The molecule has 0 spiro atoms. The van der Waals surface area contributed by atoms with Gasteiger partial charge in [-0.15, -0.1) is 11.8 Å². The Labute approximate surface area is 208 Å². The third kappa shape index (κ3) is 5.05. The summed E-state index contributed by atoms with van der Waals surface area (Å²) in [5.74, 6) is 0.655.